The fourth-order valence-electron chi connectivity index (χ4n) is 2.33. The summed E-state index contributed by atoms with van der Waals surface area (Å²) in [5.41, 5.74) is 3.56. The van der Waals surface area contributed by atoms with Gasteiger partial charge in [0.25, 0.3) is 0 Å². The van der Waals surface area contributed by atoms with Crippen molar-refractivity contribution in [2.45, 2.75) is 66.1 Å². The monoisotopic (exact) mass is 276 g/mol. The molecule has 0 spiro atoms. The van der Waals surface area contributed by atoms with Crippen LogP contribution in [0.4, 0.5) is 0 Å². The molecule has 1 rings (SSSR count). The lowest BCUT2D eigenvalue weighted by Crippen LogP contribution is -2.50. The van der Waals surface area contributed by atoms with E-state index in [0.717, 1.165) is 0 Å². The van der Waals surface area contributed by atoms with E-state index in [-0.39, 0.29) is 23.5 Å². The van der Waals surface area contributed by atoms with E-state index in [2.05, 4.69) is 49.6 Å². The van der Waals surface area contributed by atoms with E-state index >= 15 is 0 Å². The van der Waals surface area contributed by atoms with Gasteiger partial charge in [0.1, 0.15) is 0 Å². The van der Waals surface area contributed by atoms with Crippen molar-refractivity contribution in [3.8, 4) is 0 Å². The summed E-state index contributed by atoms with van der Waals surface area (Å²) in [6, 6.07) is 6.35. The highest BCUT2D eigenvalue weighted by atomic mass is 16.2. The highest BCUT2D eigenvalue weighted by molar-refractivity contribution is 5.82. The molecule has 20 heavy (non-hydrogen) atoms. The normalized spacial score (nSPS) is 14.8. The third-order valence-corrected chi connectivity index (χ3v) is 3.28. The van der Waals surface area contributed by atoms with Crippen LogP contribution < -0.4 is 10.6 Å². The second-order valence-corrected chi connectivity index (χ2v) is 6.71. The van der Waals surface area contributed by atoms with Crippen LogP contribution in [0, 0.1) is 13.8 Å². The van der Waals surface area contributed by atoms with Crippen LogP contribution in [-0.2, 0) is 4.79 Å². The summed E-state index contributed by atoms with van der Waals surface area (Å²) in [5.74, 6) is 0.0362. The highest BCUT2D eigenvalue weighted by Gasteiger charge is 2.21. The molecule has 0 saturated carbocycles. The largest absolute Gasteiger partial charge is 0.350 e. The smallest absolute Gasteiger partial charge is 0.237 e. The van der Waals surface area contributed by atoms with Gasteiger partial charge in [0, 0.05) is 11.6 Å². The molecule has 0 aromatic heterocycles. The minimum Gasteiger partial charge on any atom is -0.350 e. The van der Waals surface area contributed by atoms with E-state index in [1.54, 1.807) is 0 Å². The molecule has 2 unspecified atom stereocenters. The summed E-state index contributed by atoms with van der Waals surface area (Å²) < 4.78 is 0. The minimum absolute atomic E-state index is 0.0362. The summed E-state index contributed by atoms with van der Waals surface area (Å²) in [4.78, 5) is 12.1. The molecule has 0 aliphatic rings. The molecule has 1 aromatic carbocycles. The topological polar surface area (TPSA) is 41.1 Å². The molecule has 0 radical (unpaired) electrons. The predicted molar refractivity (Wildman–Crippen MR) is 84.8 cm³/mol. The Labute approximate surface area is 123 Å². The van der Waals surface area contributed by atoms with Crippen LogP contribution in [0.2, 0.25) is 0 Å². The Morgan fingerprint density at radius 2 is 1.75 bits per heavy atom. The Kier molecular flexibility index (Phi) is 5.35. The molecule has 0 fully saturated rings. The zero-order valence-electron chi connectivity index (χ0n) is 13.8. The number of aryl methyl sites for hydroxylation is 2. The first kappa shape index (κ1) is 16.7. The molecule has 112 valence electrons. The lowest BCUT2D eigenvalue weighted by Gasteiger charge is -2.26. The minimum atomic E-state index is -0.218. The van der Waals surface area contributed by atoms with Crippen molar-refractivity contribution < 1.29 is 4.79 Å². The molecular weight excluding hydrogens is 248 g/mol. The molecule has 2 N–H and O–H groups in total. The van der Waals surface area contributed by atoms with Crippen molar-refractivity contribution in [2.75, 3.05) is 0 Å². The van der Waals surface area contributed by atoms with Gasteiger partial charge in [0.2, 0.25) is 5.91 Å². The van der Waals surface area contributed by atoms with Gasteiger partial charge >= 0.3 is 0 Å². The predicted octanol–water partition coefficient (Wildman–Crippen LogP) is 3.26. The van der Waals surface area contributed by atoms with E-state index in [0.29, 0.717) is 0 Å². The van der Waals surface area contributed by atoms with Crippen molar-refractivity contribution in [3.63, 3.8) is 0 Å². The van der Waals surface area contributed by atoms with Gasteiger partial charge in [-0.2, -0.15) is 0 Å². The molecule has 0 aliphatic heterocycles. The maximum absolute atomic E-state index is 12.1. The Hall–Kier alpha value is -1.35. The standard InChI is InChI=1S/C17H28N2O/c1-11-8-9-15(12(2)10-11)13(3)18-14(4)16(20)19-17(5,6)7/h8-10,13-14,18H,1-7H3,(H,19,20). The summed E-state index contributed by atoms with van der Waals surface area (Å²) in [6.45, 7) is 14.2. The second-order valence-electron chi connectivity index (χ2n) is 6.71. The molecular formula is C17H28N2O. The maximum Gasteiger partial charge on any atom is 0.237 e. The van der Waals surface area contributed by atoms with Crippen molar-refractivity contribution in [2.24, 2.45) is 0 Å². The number of nitrogens with one attached hydrogen (secondary N) is 2. The van der Waals surface area contributed by atoms with Crippen LogP contribution in [0.25, 0.3) is 0 Å². The Bertz CT molecular complexity index is 474. The summed E-state index contributed by atoms with van der Waals surface area (Å²) >= 11 is 0. The first-order valence-electron chi connectivity index (χ1n) is 7.25. The van der Waals surface area contributed by atoms with Gasteiger partial charge in [-0.15, -0.1) is 0 Å². The van der Waals surface area contributed by atoms with Crippen LogP contribution in [0.1, 0.15) is 57.4 Å². The summed E-state index contributed by atoms with van der Waals surface area (Å²) in [7, 11) is 0. The maximum atomic E-state index is 12.1. The van der Waals surface area contributed by atoms with Crippen LogP contribution in [0.15, 0.2) is 18.2 Å². The molecule has 3 nitrogen and oxygen atoms in total. The van der Waals surface area contributed by atoms with E-state index in [1.807, 2.05) is 27.7 Å². The van der Waals surface area contributed by atoms with E-state index in [1.165, 1.54) is 16.7 Å². The highest BCUT2D eigenvalue weighted by Crippen LogP contribution is 2.19. The summed E-state index contributed by atoms with van der Waals surface area (Å²) in [5, 5.41) is 6.36. The fraction of sp³-hybridized carbons (Fsp3) is 0.588. The lowest BCUT2D eigenvalue weighted by atomic mass is 9.99. The van der Waals surface area contributed by atoms with E-state index in [4.69, 9.17) is 0 Å². The molecule has 1 aromatic rings. The van der Waals surface area contributed by atoms with Crippen molar-refractivity contribution >= 4 is 5.91 Å². The van der Waals surface area contributed by atoms with Crippen molar-refractivity contribution in [3.05, 3.63) is 34.9 Å². The number of amides is 1. The first-order chi connectivity index (χ1) is 9.10. The number of carbonyl (C=O) groups excluding carboxylic acids is 1. The SMILES string of the molecule is Cc1ccc(C(C)NC(C)C(=O)NC(C)(C)C)c(C)c1. The zero-order chi connectivity index (χ0) is 15.5. The van der Waals surface area contributed by atoms with Gasteiger partial charge < -0.3 is 5.32 Å². The molecule has 0 saturated heterocycles. The van der Waals surface area contributed by atoms with E-state index in [9.17, 15) is 4.79 Å². The number of hydrogen-bond acceptors (Lipinski definition) is 2. The fourth-order valence-corrected chi connectivity index (χ4v) is 2.33. The Morgan fingerprint density at radius 3 is 2.25 bits per heavy atom. The average molecular weight is 276 g/mol. The summed E-state index contributed by atoms with van der Waals surface area (Å²) in [6.07, 6.45) is 0. The molecule has 2 atom stereocenters. The van der Waals surface area contributed by atoms with Crippen LogP contribution in [-0.4, -0.2) is 17.5 Å². The third-order valence-electron chi connectivity index (χ3n) is 3.28. The molecule has 1 amide bonds. The lowest BCUT2D eigenvalue weighted by molar-refractivity contribution is -0.124. The van der Waals surface area contributed by atoms with Crippen LogP contribution in [0.3, 0.4) is 0 Å². The average Bonchev–Trinajstić information content (AvgIpc) is 2.26. The first-order valence-corrected chi connectivity index (χ1v) is 7.25. The van der Waals surface area contributed by atoms with Crippen LogP contribution >= 0.6 is 0 Å². The third kappa shape index (κ3) is 4.97. The van der Waals surface area contributed by atoms with Gasteiger partial charge in [0.05, 0.1) is 6.04 Å². The second kappa shape index (κ2) is 6.40. The molecule has 0 bridgehead atoms. The Balaban J connectivity index is 2.70. The molecule has 0 aliphatic carbocycles. The van der Waals surface area contributed by atoms with Gasteiger partial charge in [-0.1, -0.05) is 23.8 Å². The van der Waals surface area contributed by atoms with Gasteiger partial charge in [0.15, 0.2) is 0 Å². The quantitative estimate of drug-likeness (QED) is 0.886. The van der Waals surface area contributed by atoms with Crippen LogP contribution in [0.5, 0.6) is 0 Å². The zero-order valence-corrected chi connectivity index (χ0v) is 13.8. The van der Waals surface area contributed by atoms with Gasteiger partial charge in [-0.25, -0.2) is 0 Å². The molecule has 0 heterocycles. The molecule has 3 heteroatoms. The van der Waals surface area contributed by atoms with Gasteiger partial charge in [-0.3, -0.25) is 10.1 Å². The number of rotatable bonds is 4. The van der Waals surface area contributed by atoms with Crippen molar-refractivity contribution in [1.29, 1.82) is 0 Å². The Morgan fingerprint density at radius 1 is 1.15 bits per heavy atom. The van der Waals surface area contributed by atoms with Crippen molar-refractivity contribution in [1.82, 2.24) is 10.6 Å². The van der Waals surface area contributed by atoms with Gasteiger partial charge in [-0.05, 0) is 59.6 Å². The number of hydrogen-bond donors (Lipinski definition) is 2. The van der Waals surface area contributed by atoms with E-state index < -0.39 is 0 Å². The number of carbonyl (C=O) groups is 1. The number of benzene rings is 1.